The molecular formula is C18H28N4O. The summed E-state index contributed by atoms with van der Waals surface area (Å²) >= 11 is 0. The van der Waals surface area contributed by atoms with Crippen LogP contribution in [-0.2, 0) is 4.79 Å². The second-order valence-electron chi connectivity index (χ2n) is 6.78. The predicted molar refractivity (Wildman–Crippen MR) is 91.0 cm³/mol. The molecule has 1 aromatic heterocycles. The first kappa shape index (κ1) is 16.4. The number of nitrogens with one attached hydrogen (secondary N) is 1. The van der Waals surface area contributed by atoms with Crippen molar-refractivity contribution in [3.8, 4) is 0 Å². The van der Waals surface area contributed by atoms with Gasteiger partial charge in [-0.15, -0.1) is 0 Å². The lowest BCUT2D eigenvalue weighted by atomic mass is 10.0. The van der Waals surface area contributed by atoms with Crippen LogP contribution in [0.5, 0.6) is 0 Å². The van der Waals surface area contributed by atoms with Crippen molar-refractivity contribution in [2.75, 3.05) is 39.3 Å². The van der Waals surface area contributed by atoms with Crippen molar-refractivity contribution < 1.29 is 4.79 Å². The van der Waals surface area contributed by atoms with E-state index in [1.165, 1.54) is 12.0 Å². The van der Waals surface area contributed by atoms with E-state index < -0.39 is 0 Å². The average molecular weight is 316 g/mol. The van der Waals surface area contributed by atoms with E-state index in [0.29, 0.717) is 24.3 Å². The number of pyridine rings is 1. The summed E-state index contributed by atoms with van der Waals surface area (Å²) in [6.07, 6.45) is 6.73. The fourth-order valence-electron chi connectivity index (χ4n) is 3.64. The number of nitrogens with zero attached hydrogens (tertiary/aromatic N) is 3. The highest BCUT2D eigenvalue weighted by atomic mass is 16.2. The number of amides is 1. The Kier molecular flexibility index (Phi) is 5.62. The maximum Gasteiger partial charge on any atom is 0.222 e. The van der Waals surface area contributed by atoms with Crippen molar-refractivity contribution >= 4 is 5.91 Å². The molecule has 0 aliphatic carbocycles. The third-order valence-electron chi connectivity index (χ3n) is 5.31. The molecule has 2 fully saturated rings. The minimum absolute atomic E-state index is 0.339. The highest BCUT2D eigenvalue weighted by Crippen LogP contribution is 2.21. The maximum atomic E-state index is 12.4. The van der Waals surface area contributed by atoms with E-state index in [1.54, 1.807) is 0 Å². The molecule has 5 nitrogen and oxygen atoms in total. The number of carbonyl (C=O) groups is 1. The smallest absolute Gasteiger partial charge is 0.222 e. The minimum Gasteiger partial charge on any atom is -0.340 e. The molecular weight excluding hydrogens is 288 g/mol. The zero-order valence-corrected chi connectivity index (χ0v) is 14.1. The molecule has 0 bridgehead atoms. The number of carbonyl (C=O) groups excluding carboxylic acids is 1. The van der Waals surface area contributed by atoms with Gasteiger partial charge in [0.1, 0.15) is 0 Å². The van der Waals surface area contributed by atoms with Gasteiger partial charge in [-0.1, -0.05) is 6.07 Å². The van der Waals surface area contributed by atoms with Gasteiger partial charge in [-0.25, -0.2) is 0 Å². The lowest BCUT2D eigenvalue weighted by Crippen LogP contribution is -2.49. The summed E-state index contributed by atoms with van der Waals surface area (Å²) in [5, 5.41) is 3.37. The highest BCUT2D eigenvalue weighted by molar-refractivity contribution is 5.76. The maximum absolute atomic E-state index is 12.4. The van der Waals surface area contributed by atoms with Gasteiger partial charge in [-0.05, 0) is 50.4 Å². The third-order valence-corrected chi connectivity index (χ3v) is 5.31. The van der Waals surface area contributed by atoms with E-state index >= 15 is 0 Å². The Morgan fingerprint density at radius 1 is 1.39 bits per heavy atom. The van der Waals surface area contributed by atoms with Crippen LogP contribution < -0.4 is 5.32 Å². The van der Waals surface area contributed by atoms with Crippen molar-refractivity contribution in [3.63, 3.8) is 0 Å². The molecule has 1 N–H and O–H groups in total. The first-order valence-electron chi connectivity index (χ1n) is 8.86. The molecule has 5 heteroatoms. The van der Waals surface area contributed by atoms with Gasteiger partial charge in [0.15, 0.2) is 0 Å². The molecule has 2 aliphatic heterocycles. The molecule has 1 aromatic rings. The van der Waals surface area contributed by atoms with E-state index in [4.69, 9.17) is 0 Å². The summed E-state index contributed by atoms with van der Waals surface area (Å²) in [5.74, 6) is 1.04. The van der Waals surface area contributed by atoms with Crippen LogP contribution in [0.25, 0.3) is 0 Å². The van der Waals surface area contributed by atoms with Crippen LogP contribution >= 0.6 is 0 Å². The Labute approximate surface area is 139 Å². The monoisotopic (exact) mass is 316 g/mol. The fourth-order valence-corrected chi connectivity index (χ4v) is 3.64. The zero-order chi connectivity index (χ0) is 16.1. The molecule has 1 amide bonds. The molecule has 3 rings (SSSR count). The summed E-state index contributed by atoms with van der Waals surface area (Å²) in [7, 11) is 0. The summed E-state index contributed by atoms with van der Waals surface area (Å²) in [4.78, 5) is 21.1. The summed E-state index contributed by atoms with van der Waals surface area (Å²) in [5.41, 5.74) is 1.25. The van der Waals surface area contributed by atoms with Gasteiger partial charge >= 0.3 is 0 Å². The Hall–Kier alpha value is -1.46. The summed E-state index contributed by atoms with van der Waals surface area (Å²) in [6.45, 7) is 8.04. The van der Waals surface area contributed by atoms with Crippen molar-refractivity contribution in [1.82, 2.24) is 20.1 Å². The number of rotatable bonds is 5. The van der Waals surface area contributed by atoms with Crippen LogP contribution in [0.4, 0.5) is 0 Å². The molecule has 0 spiro atoms. The largest absolute Gasteiger partial charge is 0.340 e. The van der Waals surface area contributed by atoms with Gasteiger partial charge in [-0.2, -0.15) is 0 Å². The van der Waals surface area contributed by atoms with Crippen molar-refractivity contribution in [1.29, 1.82) is 0 Å². The van der Waals surface area contributed by atoms with Crippen LogP contribution in [0.3, 0.4) is 0 Å². The van der Waals surface area contributed by atoms with Crippen LogP contribution in [0.15, 0.2) is 24.5 Å². The van der Waals surface area contributed by atoms with Crippen molar-refractivity contribution in [3.05, 3.63) is 30.1 Å². The molecule has 0 radical (unpaired) electrons. The Morgan fingerprint density at radius 2 is 2.22 bits per heavy atom. The highest BCUT2D eigenvalue weighted by Gasteiger charge is 2.25. The SMILES string of the molecule is CC(c1cccnc1)N1CCN(C(=O)CCC2CCNC2)CC1. The predicted octanol–water partition coefficient (Wildman–Crippen LogP) is 1.68. The van der Waals surface area contributed by atoms with Crippen LogP contribution in [-0.4, -0.2) is 60.0 Å². The quantitative estimate of drug-likeness (QED) is 0.898. The lowest BCUT2D eigenvalue weighted by Gasteiger charge is -2.38. The lowest BCUT2D eigenvalue weighted by molar-refractivity contribution is -0.133. The van der Waals surface area contributed by atoms with Gasteiger partial charge in [-0.3, -0.25) is 14.7 Å². The van der Waals surface area contributed by atoms with Gasteiger partial charge in [0, 0.05) is 51.0 Å². The van der Waals surface area contributed by atoms with Crippen molar-refractivity contribution in [2.24, 2.45) is 5.92 Å². The average Bonchev–Trinajstić information content (AvgIpc) is 3.13. The first-order valence-corrected chi connectivity index (χ1v) is 8.86. The second kappa shape index (κ2) is 7.88. The number of piperazine rings is 1. The molecule has 2 aliphatic rings. The summed E-state index contributed by atoms with van der Waals surface area (Å²) in [6, 6.07) is 4.49. The molecule has 23 heavy (non-hydrogen) atoms. The normalized spacial score (nSPS) is 23.9. The molecule has 126 valence electrons. The van der Waals surface area contributed by atoms with Crippen molar-refractivity contribution in [2.45, 2.75) is 32.2 Å². The van der Waals surface area contributed by atoms with Gasteiger partial charge in [0.2, 0.25) is 5.91 Å². The molecule has 0 saturated carbocycles. The van der Waals surface area contributed by atoms with Crippen LogP contribution in [0.2, 0.25) is 0 Å². The van der Waals surface area contributed by atoms with E-state index in [1.807, 2.05) is 18.5 Å². The van der Waals surface area contributed by atoms with Crippen LogP contribution in [0.1, 0.15) is 37.8 Å². The number of hydrogen-bond acceptors (Lipinski definition) is 4. The topological polar surface area (TPSA) is 48.5 Å². The molecule has 2 atom stereocenters. The van der Waals surface area contributed by atoms with Crippen LogP contribution in [0, 0.1) is 5.92 Å². The van der Waals surface area contributed by atoms with E-state index in [9.17, 15) is 4.79 Å². The first-order chi connectivity index (χ1) is 11.2. The fraction of sp³-hybridized carbons (Fsp3) is 0.667. The molecule has 2 unspecified atom stereocenters. The number of aromatic nitrogens is 1. The summed E-state index contributed by atoms with van der Waals surface area (Å²) < 4.78 is 0. The van der Waals surface area contributed by atoms with Gasteiger partial charge in [0.05, 0.1) is 0 Å². The van der Waals surface area contributed by atoms with Gasteiger partial charge in [0.25, 0.3) is 0 Å². The van der Waals surface area contributed by atoms with E-state index in [-0.39, 0.29) is 0 Å². The van der Waals surface area contributed by atoms with E-state index in [0.717, 1.165) is 45.7 Å². The Bertz CT molecular complexity index is 493. The second-order valence-corrected chi connectivity index (χ2v) is 6.78. The standard InChI is InChI=1S/C18H28N4O/c1-15(17-3-2-7-19-14-17)21-9-11-22(12-10-21)18(23)5-4-16-6-8-20-13-16/h2-3,7,14-16,20H,4-6,8-13H2,1H3. The third kappa shape index (κ3) is 4.30. The molecule has 0 aromatic carbocycles. The minimum atomic E-state index is 0.339. The Balaban J connectivity index is 1.43. The van der Waals surface area contributed by atoms with E-state index in [2.05, 4.69) is 33.1 Å². The van der Waals surface area contributed by atoms with Gasteiger partial charge < -0.3 is 10.2 Å². The molecule has 2 saturated heterocycles. The number of hydrogen-bond donors (Lipinski definition) is 1. The molecule has 3 heterocycles. The Morgan fingerprint density at radius 3 is 2.87 bits per heavy atom. The zero-order valence-electron chi connectivity index (χ0n) is 14.1.